The highest BCUT2D eigenvalue weighted by atomic mass is 16.5. The fourth-order valence-corrected chi connectivity index (χ4v) is 2.39. The van der Waals surface area contributed by atoms with Gasteiger partial charge in [0.1, 0.15) is 0 Å². The first-order valence-electron chi connectivity index (χ1n) is 7.80. The third-order valence-corrected chi connectivity index (χ3v) is 3.56. The zero-order valence-corrected chi connectivity index (χ0v) is 13.2. The van der Waals surface area contributed by atoms with Crippen LogP contribution in [-0.2, 0) is 13.0 Å². The van der Waals surface area contributed by atoms with E-state index in [0.717, 1.165) is 31.0 Å². The van der Waals surface area contributed by atoms with Crippen LogP contribution in [0.5, 0.6) is 0 Å². The summed E-state index contributed by atoms with van der Waals surface area (Å²) >= 11 is 0. The van der Waals surface area contributed by atoms with Crippen LogP contribution in [0.2, 0.25) is 0 Å². The SMILES string of the molecule is CCCCc1nc(CNC(c2ccccc2)C(C)C)no1. The van der Waals surface area contributed by atoms with Gasteiger partial charge in [0.25, 0.3) is 0 Å². The van der Waals surface area contributed by atoms with Crippen LogP contribution >= 0.6 is 0 Å². The van der Waals surface area contributed by atoms with E-state index < -0.39 is 0 Å². The molecule has 1 aromatic heterocycles. The smallest absolute Gasteiger partial charge is 0.226 e. The van der Waals surface area contributed by atoms with Crippen molar-refractivity contribution < 1.29 is 4.52 Å². The Balaban J connectivity index is 1.94. The number of benzene rings is 1. The summed E-state index contributed by atoms with van der Waals surface area (Å²) in [5.74, 6) is 1.98. The minimum Gasteiger partial charge on any atom is -0.339 e. The fraction of sp³-hybridized carbons (Fsp3) is 0.529. The second-order valence-electron chi connectivity index (χ2n) is 5.72. The van der Waals surface area contributed by atoms with Gasteiger partial charge in [-0.3, -0.25) is 0 Å². The predicted octanol–water partition coefficient (Wildman–Crippen LogP) is 3.90. The van der Waals surface area contributed by atoms with Gasteiger partial charge in [-0.15, -0.1) is 0 Å². The second kappa shape index (κ2) is 7.93. The number of nitrogens with one attached hydrogen (secondary N) is 1. The molecule has 2 rings (SSSR count). The van der Waals surface area contributed by atoms with Gasteiger partial charge in [-0.2, -0.15) is 4.98 Å². The van der Waals surface area contributed by atoms with Crippen LogP contribution in [0.25, 0.3) is 0 Å². The first-order chi connectivity index (χ1) is 10.2. The zero-order chi connectivity index (χ0) is 15.1. The monoisotopic (exact) mass is 287 g/mol. The van der Waals surface area contributed by atoms with Crippen molar-refractivity contribution >= 4 is 0 Å². The summed E-state index contributed by atoms with van der Waals surface area (Å²) in [7, 11) is 0. The molecule has 1 atom stereocenters. The Morgan fingerprint density at radius 1 is 1.19 bits per heavy atom. The van der Waals surface area contributed by atoms with Crippen molar-refractivity contribution in [2.75, 3.05) is 0 Å². The van der Waals surface area contributed by atoms with Crippen molar-refractivity contribution in [3.8, 4) is 0 Å². The van der Waals surface area contributed by atoms with Crippen LogP contribution < -0.4 is 5.32 Å². The molecule has 2 aromatic rings. The van der Waals surface area contributed by atoms with E-state index in [1.165, 1.54) is 5.56 Å². The number of nitrogens with zero attached hydrogens (tertiary/aromatic N) is 2. The number of aryl methyl sites for hydroxylation is 1. The number of hydrogen-bond donors (Lipinski definition) is 1. The maximum absolute atomic E-state index is 5.26. The molecule has 0 saturated carbocycles. The Bertz CT molecular complexity index is 522. The lowest BCUT2D eigenvalue weighted by molar-refractivity contribution is 0.361. The van der Waals surface area contributed by atoms with E-state index >= 15 is 0 Å². The number of aromatic nitrogens is 2. The van der Waals surface area contributed by atoms with Crippen molar-refractivity contribution in [3.05, 3.63) is 47.6 Å². The molecule has 4 nitrogen and oxygen atoms in total. The summed E-state index contributed by atoms with van der Waals surface area (Å²) < 4.78 is 5.26. The molecule has 1 unspecified atom stereocenters. The van der Waals surface area contributed by atoms with Gasteiger partial charge >= 0.3 is 0 Å². The molecule has 4 heteroatoms. The zero-order valence-electron chi connectivity index (χ0n) is 13.2. The quantitative estimate of drug-likeness (QED) is 0.800. The molecule has 0 amide bonds. The highest BCUT2D eigenvalue weighted by Gasteiger charge is 2.16. The van der Waals surface area contributed by atoms with Gasteiger partial charge in [-0.1, -0.05) is 62.7 Å². The van der Waals surface area contributed by atoms with Gasteiger partial charge in [0.15, 0.2) is 5.82 Å². The molecule has 0 spiro atoms. The van der Waals surface area contributed by atoms with Gasteiger partial charge in [0.05, 0.1) is 6.54 Å². The molecule has 114 valence electrons. The van der Waals surface area contributed by atoms with E-state index in [1.807, 2.05) is 6.07 Å². The van der Waals surface area contributed by atoms with Crippen molar-refractivity contribution in [3.63, 3.8) is 0 Å². The number of hydrogen-bond acceptors (Lipinski definition) is 4. The van der Waals surface area contributed by atoms with Gasteiger partial charge in [-0.05, 0) is 17.9 Å². The maximum atomic E-state index is 5.26. The van der Waals surface area contributed by atoms with Crippen molar-refractivity contribution in [1.82, 2.24) is 15.5 Å². The second-order valence-corrected chi connectivity index (χ2v) is 5.72. The van der Waals surface area contributed by atoms with Crippen LogP contribution in [0.15, 0.2) is 34.9 Å². The Morgan fingerprint density at radius 3 is 2.62 bits per heavy atom. The normalized spacial score (nSPS) is 12.8. The van der Waals surface area contributed by atoms with Crippen LogP contribution in [0.3, 0.4) is 0 Å². The van der Waals surface area contributed by atoms with E-state index in [4.69, 9.17) is 4.52 Å². The first kappa shape index (κ1) is 15.7. The standard InChI is InChI=1S/C17H25N3O/c1-4-5-11-16-19-15(20-21-16)12-18-17(13(2)3)14-9-7-6-8-10-14/h6-10,13,17-18H,4-5,11-12H2,1-3H3. The molecule has 0 aliphatic carbocycles. The highest BCUT2D eigenvalue weighted by Crippen LogP contribution is 2.21. The Kier molecular flexibility index (Phi) is 5.93. The molecule has 0 radical (unpaired) electrons. The van der Waals surface area contributed by atoms with Gasteiger partial charge in [-0.25, -0.2) is 0 Å². The molecular weight excluding hydrogens is 262 g/mol. The molecule has 1 heterocycles. The van der Waals surface area contributed by atoms with Crippen molar-refractivity contribution in [2.45, 2.75) is 52.6 Å². The van der Waals surface area contributed by atoms with E-state index in [9.17, 15) is 0 Å². The summed E-state index contributed by atoms with van der Waals surface area (Å²) in [6.07, 6.45) is 3.10. The van der Waals surface area contributed by atoms with E-state index in [2.05, 4.69) is 60.5 Å². The Morgan fingerprint density at radius 2 is 1.95 bits per heavy atom. The lowest BCUT2D eigenvalue weighted by atomic mass is 9.96. The van der Waals surface area contributed by atoms with E-state index in [-0.39, 0.29) is 0 Å². The van der Waals surface area contributed by atoms with Crippen molar-refractivity contribution in [1.29, 1.82) is 0 Å². The minimum atomic E-state index is 0.295. The third kappa shape index (κ3) is 4.67. The molecule has 0 saturated heterocycles. The van der Waals surface area contributed by atoms with Crippen LogP contribution in [0, 0.1) is 5.92 Å². The van der Waals surface area contributed by atoms with Gasteiger partial charge in [0.2, 0.25) is 5.89 Å². The predicted molar refractivity (Wildman–Crippen MR) is 83.8 cm³/mol. The summed E-state index contributed by atoms with van der Waals surface area (Å²) in [5.41, 5.74) is 1.29. The summed E-state index contributed by atoms with van der Waals surface area (Å²) in [5, 5.41) is 7.58. The molecule has 21 heavy (non-hydrogen) atoms. The number of rotatable bonds is 8. The summed E-state index contributed by atoms with van der Waals surface area (Å²) in [6.45, 7) is 7.22. The lowest BCUT2D eigenvalue weighted by Crippen LogP contribution is -2.25. The highest BCUT2D eigenvalue weighted by molar-refractivity contribution is 5.19. The Labute approximate surface area is 127 Å². The van der Waals surface area contributed by atoms with Crippen LogP contribution in [0.4, 0.5) is 0 Å². The van der Waals surface area contributed by atoms with E-state index in [1.54, 1.807) is 0 Å². The average Bonchev–Trinajstić information content (AvgIpc) is 2.94. The topological polar surface area (TPSA) is 51.0 Å². The largest absolute Gasteiger partial charge is 0.339 e. The number of unbranched alkanes of at least 4 members (excludes halogenated alkanes) is 1. The minimum absolute atomic E-state index is 0.295. The van der Waals surface area contributed by atoms with E-state index in [0.29, 0.717) is 18.5 Å². The van der Waals surface area contributed by atoms with Crippen molar-refractivity contribution in [2.24, 2.45) is 5.92 Å². The summed E-state index contributed by atoms with van der Waals surface area (Å²) in [4.78, 5) is 4.43. The molecule has 0 aliphatic rings. The molecule has 1 aromatic carbocycles. The molecule has 0 bridgehead atoms. The van der Waals surface area contributed by atoms with Gasteiger partial charge < -0.3 is 9.84 Å². The molecular formula is C17H25N3O. The van der Waals surface area contributed by atoms with Gasteiger partial charge in [0, 0.05) is 12.5 Å². The summed E-state index contributed by atoms with van der Waals surface area (Å²) in [6, 6.07) is 10.8. The Hall–Kier alpha value is -1.68. The third-order valence-electron chi connectivity index (χ3n) is 3.56. The average molecular weight is 287 g/mol. The molecule has 0 fully saturated rings. The first-order valence-corrected chi connectivity index (χ1v) is 7.80. The molecule has 0 aliphatic heterocycles. The van der Waals surface area contributed by atoms with Crippen LogP contribution in [-0.4, -0.2) is 10.1 Å². The lowest BCUT2D eigenvalue weighted by Gasteiger charge is -2.22. The molecule has 1 N–H and O–H groups in total. The van der Waals surface area contributed by atoms with Crippen LogP contribution in [0.1, 0.15) is 56.9 Å². The maximum Gasteiger partial charge on any atom is 0.226 e. The fourth-order valence-electron chi connectivity index (χ4n) is 2.39.